The van der Waals surface area contributed by atoms with Crippen molar-refractivity contribution >= 4 is 41.6 Å². The van der Waals surface area contributed by atoms with Crippen molar-refractivity contribution < 1.29 is 9.90 Å². The van der Waals surface area contributed by atoms with Crippen LogP contribution in [-0.4, -0.2) is 15.6 Å². The van der Waals surface area contributed by atoms with Gasteiger partial charge in [0.15, 0.2) is 3.95 Å². The lowest BCUT2D eigenvalue weighted by atomic mass is 10.1. The van der Waals surface area contributed by atoms with Gasteiger partial charge in [-0.2, -0.15) is 0 Å². The van der Waals surface area contributed by atoms with Gasteiger partial charge in [-0.1, -0.05) is 18.2 Å². The Bertz CT molecular complexity index is 919. The molecule has 6 heteroatoms. The molecule has 0 spiro atoms. The van der Waals surface area contributed by atoms with Crippen LogP contribution in [0.25, 0.3) is 12.2 Å². The molecular weight excluding hydrogens is 292 g/mol. The number of fused-ring (bicyclic) bond motifs is 1. The predicted octanol–water partition coefficient (Wildman–Crippen LogP) is 1.55. The van der Waals surface area contributed by atoms with Crippen molar-refractivity contribution in [1.29, 1.82) is 0 Å². The van der Waals surface area contributed by atoms with E-state index in [-0.39, 0.29) is 11.8 Å². The lowest BCUT2D eigenvalue weighted by Gasteiger charge is -2.02. The van der Waals surface area contributed by atoms with Crippen LogP contribution in [0.2, 0.25) is 0 Å². The van der Waals surface area contributed by atoms with E-state index in [1.165, 1.54) is 15.9 Å². The molecule has 1 aromatic heterocycles. The molecule has 0 unspecified atom stereocenters. The molecule has 100 valence electrons. The highest BCUT2D eigenvalue weighted by molar-refractivity contribution is 7.73. The molecule has 3 rings (SSSR count). The van der Waals surface area contributed by atoms with Crippen molar-refractivity contribution in [1.82, 2.24) is 4.57 Å². The molecule has 0 atom stereocenters. The number of hydrogen-bond acceptors (Lipinski definition) is 4. The van der Waals surface area contributed by atoms with Crippen LogP contribution in [0.15, 0.2) is 34.8 Å². The highest BCUT2D eigenvalue weighted by Crippen LogP contribution is 2.27. The number of nitrogens with zero attached hydrogens (tertiary/aromatic N) is 2. The molecule has 1 aliphatic heterocycles. The Hall–Kier alpha value is -2.05. The van der Waals surface area contributed by atoms with Crippen molar-refractivity contribution in [3.8, 4) is 5.88 Å². The van der Waals surface area contributed by atoms with Crippen molar-refractivity contribution in [2.45, 2.75) is 0 Å². The summed E-state index contributed by atoms with van der Waals surface area (Å²) in [5.41, 5.74) is 0.441. The van der Waals surface area contributed by atoms with E-state index >= 15 is 0 Å². The standard InChI is InChI=1S/C14H10N2O2S2/c1-16-13(18)11(20-14(16)19)7-9-6-8-4-2-3-5-10(8)15-12(9)17/h2-7,18H,1H3. The summed E-state index contributed by atoms with van der Waals surface area (Å²) < 4.78 is 2.06. The van der Waals surface area contributed by atoms with Crippen molar-refractivity contribution in [3.63, 3.8) is 0 Å². The summed E-state index contributed by atoms with van der Waals surface area (Å²) in [5.74, 6) is -0.252. The second-order valence-electron chi connectivity index (χ2n) is 4.33. The van der Waals surface area contributed by atoms with E-state index in [1.54, 1.807) is 25.3 Å². The maximum atomic E-state index is 12.0. The number of para-hydroxylation sites is 1. The fourth-order valence-electron chi connectivity index (χ4n) is 1.91. The van der Waals surface area contributed by atoms with Crippen molar-refractivity contribution in [3.05, 3.63) is 49.2 Å². The zero-order valence-electron chi connectivity index (χ0n) is 10.5. The Morgan fingerprint density at radius 1 is 1.40 bits per heavy atom. The summed E-state index contributed by atoms with van der Waals surface area (Å²) in [5, 5.41) is 11.5. The Labute approximate surface area is 123 Å². The third kappa shape index (κ3) is 2.13. The molecule has 1 aromatic carbocycles. The minimum Gasteiger partial charge on any atom is -0.493 e. The lowest BCUT2D eigenvalue weighted by Crippen LogP contribution is -2.29. The van der Waals surface area contributed by atoms with Crippen LogP contribution in [0.5, 0.6) is 5.88 Å². The zero-order chi connectivity index (χ0) is 14.3. The smallest absolute Gasteiger partial charge is 0.277 e. The van der Waals surface area contributed by atoms with Crippen LogP contribution in [0.4, 0.5) is 0 Å². The highest BCUT2D eigenvalue weighted by Gasteiger charge is 2.13. The summed E-state index contributed by atoms with van der Waals surface area (Å²) in [6, 6.07) is 7.42. The number of amides is 1. The maximum Gasteiger partial charge on any atom is 0.277 e. The largest absolute Gasteiger partial charge is 0.493 e. The van der Waals surface area contributed by atoms with Gasteiger partial charge in [0, 0.05) is 17.8 Å². The molecular formula is C14H10N2O2S2. The molecule has 0 radical (unpaired) electrons. The quantitative estimate of drug-likeness (QED) is 0.642. The van der Waals surface area contributed by atoms with Gasteiger partial charge in [-0.25, -0.2) is 4.99 Å². The first kappa shape index (κ1) is 13.0. The van der Waals surface area contributed by atoms with Gasteiger partial charge in [-0.3, -0.25) is 9.36 Å². The molecule has 0 fully saturated rings. The maximum absolute atomic E-state index is 12.0. The second kappa shape index (κ2) is 4.81. The number of rotatable bonds is 1. The van der Waals surface area contributed by atoms with Crippen LogP contribution in [-0.2, 0) is 11.8 Å². The van der Waals surface area contributed by atoms with E-state index < -0.39 is 0 Å². The van der Waals surface area contributed by atoms with Gasteiger partial charge in [-0.15, -0.1) is 11.3 Å². The van der Waals surface area contributed by atoms with Gasteiger partial charge in [0.2, 0.25) is 5.88 Å². The number of hydrogen-bond donors (Lipinski definition) is 1. The first-order valence-corrected chi connectivity index (χ1v) is 7.09. The third-order valence-corrected chi connectivity index (χ3v) is 4.51. The fraction of sp³-hybridized carbons (Fsp3) is 0.0714. The minimum atomic E-state index is -0.315. The molecule has 1 amide bonds. The van der Waals surface area contributed by atoms with Crippen LogP contribution >= 0.6 is 23.6 Å². The first-order valence-electron chi connectivity index (χ1n) is 5.86. The molecule has 2 aromatic rings. The van der Waals surface area contributed by atoms with E-state index in [1.807, 2.05) is 18.2 Å². The summed E-state index contributed by atoms with van der Waals surface area (Å²) in [4.78, 5) is 16.6. The van der Waals surface area contributed by atoms with Crippen LogP contribution in [0.3, 0.4) is 0 Å². The molecule has 2 heterocycles. The normalized spacial score (nSPS) is 15.7. The van der Waals surface area contributed by atoms with Gasteiger partial charge < -0.3 is 5.11 Å². The predicted molar refractivity (Wildman–Crippen MR) is 80.5 cm³/mol. The van der Waals surface area contributed by atoms with Crippen molar-refractivity contribution in [2.75, 3.05) is 0 Å². The topological polar surface area (TPSA) is 54.6 Å². The number of carbonyl (C=O) groups excluding carboxylic acids is 1. The average Bonchev–Trinajstić information content (AvgIpc) is 2.67. The number of aromatic nitrogens is 1. The number of aromatic hydroxyl groups is 1. The molecule has 4 nitrogen and oxygen atoms in total. The summed E-state index contributed by atoms with van der Waals surface area (Å²) in [7, 11) is 1.68. The minimum absolute atomic E-state index is 0.0626. The van der Waals surface area contributed by atoms with Crippen LogP contribution < -0.4 is 10.6 Å². The first-order chi connectivity index (χ1) is 9.56. The summed E-state index contributed by atoms with van der Waals surface area (Å²) >= 11 is 6.35. The van der Waals surface area contributed by atoms with E-state index in [4.69, 9.17) is 12.2 Å². The summed E-state index contributed by atoms with van der Waals surface area (Å²) in [6.07, 6.45) is 3.39. The Balaban J connectivity index is 2.18. The van der Waals surface area contributed by atoms with Crippen LogP contribution in [0.1, 0.15) is 4.88 Å². The zero-order valence-corrected chi connectivity index (χ0v) is 12.2. The van der Waals surface area contributed by atoms with E-state index in [2.05, 4.69) is 4.99 Å². The Morgan fingerprint density at radius 3 is 2.85 bits per heavy atom. The third-order valence-electron chi connectivity index (χ3n) is 3.01. The molecule has 20 heavy (non-hydrogen) atoms. The fourth-order valence-corrected chi connectivity index (χ4v) is 3.09. The molecule has 0 aliphatic carbocycles. The summed E-state index contributed by atoms with van der Waals surface area (Å²) in [6.45, 7) is 0. The van der Waals surface area contributed by atoms with Crippen LogP contribution in [0, 0.1) is 3.95 Å². The SMILES string of the molecule is Cn1c(O)c(C=C2C=c3ccccc3=NC2=O)sc1=S. The van der Waals surface area contributed by atoms with Gasteiger partial charge in [-0.05, 0) is 30.4 Å². The van der Waals surface area contributed by atoms with Crippen molar-refractivity contribution in [2.24, 2.45) is 12.0 Å². The number of benzene rings is 1. The monoisotopic (exact) mass is 302 g/mol. The van der Waals surface area contributed by atoms with E-state index in [9.17, 15) is 9.90 Å². The average molecular weight is 302 g/mol. The van der Waals surface area contributed by atoms with Gasteiger partial charge in [0.25, 0.3) is 5.91 Å². The second-order valence-corrected chi connectivity index (χ2v) is 6.01. The van der Waals surface area contributed by atoms with Gasteiger partial charge in [0.05, 0.1) is 10.2 Å². The Morgan fingerprint density at radius 2 is 2.15 bits per heavy atom. The van der Waals surface area contributed by atoms with E-state index in [0.29, 0.717) is 19.8 Å². The van der Waals surface area contributed by atoms with E-state index in [0.717, 1.165) is 5.22 Å². The van der Waals surface area contributed by atoms with Gasteiger partial charge in [0.1, 0.15) is 0 Å². The molecule has 1 N–H and O–H groups in total. The molecule has 0 saturated heterocycles. The lowest BCUT2D eigenvalue weighted by molar-refractivity contribution is -0.114. The highest BCUT2D eigenvalue weighted by atomic mass is 32.1. The molecule has 0 bridgehead atoms. The molecule has 1 aliphatic rings. The molecule has 0 saturated carbocycles. The van der Waals surface area contributed by atoms with Gasteiger partial charge >= 0.3 is 0 Å². The number of carbonyl (C=O) groups is 1. The number of thiazole rings is 1. The Kier molecular flexibility index (Phi) is 3.11.